The number of benzene rings is 4. The van der Waals surface area contributed by atoms with Gasteiger partial charge in [0.2, 0.25) is 0 Å². The molecule has 142 valence electrons. The van der Waals surface area contributed by atoms with Crippen molar-refractivity contribution in [3.63, 3.8) is 0 Å². The first-order chi connectivity index (χ1) is 13.9. The molecule has 0 aliphatic heterocycles. The van der Waals surface area contributed by atoms with Crippen molar-refractivity contribution < 1.29 is 29.3 Å². The zero-order valence-corrected chi connectivity index (χ0v) is 15.0. The van der Waals surface area contributed by atoms with E-state index < -0.39 is 17.9 Å². The standard InChI is InChI=1S/C23H14O6/c24-21(25)17-4-1-14-11-19(6-3-13(14)9-17)23(28)29-20-8-7-15-10-18(22(26)27)5-2-16(15)12-20/h1-12H,(H,24,25)(H,26,27). The van der Waals surface area contributed by atoms with Crippen molar-refractivity contribution >= 4 is 39.5 Å². The molecule has 0 unspecified atom stereocenters. The molecule has 2 N–H and O–H groups in total. The maximum atomic E-state index is 12.5. The topological polar surface area (TPSA) is 101 Å². The van der Waals surface area contributed by atoms with E-state index in [4.69, 9.17) is 14.9 Å². The van der Waals surface area contributed by atoms with Crippen LogP contribution in [0.2, 0.25) is 0 Å². The highest BCUT2D eigenvalue weighted by atomic mass is 16.5. The Morgan fingerprint density at radius 3 is 1.48 bits per heavy atom. The summed E-state index contributed by atoms with van der Waals surface area (Å²) in [7, 11) is 0. The number of carbonyl (C=O) groups is 3. The van der Waals surface area contributed by atoms with Crippen molar-refractivity contribution in [2.24, 2.45) is 0 Å². The van der Waals surface area contributed by atoms with E-state index in [-0.39, 0.29) is 11.1 Å². The maximum absolute atomic E-state index is 12.5. The van der Waals surface area contributed by atoms with E-state index in [9.17, 15) is 14.4 Å². The van der Waals surface area contributed by atoms with E-state index in [2.05, 4.69) is 0 Å². The number of carboxylic acid groups (broad SMARTS) is 2. The average Bonchev–Trinajstić information content (AvgIpc) is 2.72. The molecule has 0 saturated carbocycles. The monoisotopic (exact) mass is 386 g/mol. The third kappa shape index (κ3) is 3.64. The number of carboxylic acids is 2. The van der Waals surface area contributed by atoms with Crippen molar-refractivity contribution in [3.05, 3.63) is 89.5 Å². The van der Waals surface area contributed by atoms with E-state index in [1.807, 2.05) is 0 Å². The number of hydrogen-bond donors (Lipinski definition) is 2. The molecule has 0 aliphatic rings. The molecular formula is C23H14O6. The SMILES string of the molecule is O=C(O)c1ccc2cc(OC(=O)c3ccc4cc(C(=O)O)ccc4c3)ccc2c1. The minimum absolute atomic E-state index is 0.176. The van der Waals surface area contributed by atoms with E-state index >= 15 is 0 Å². The van der Waals surface area contributed by atoms with Crippen LogP contribution in [0.4, 0.5) is 0 Å². The van der Waals surface area contributed by atoms with Gasteiger partial charge in [0.15, 0.2) is 0 Å². The Labute approximate surface area is 164 Å². The lowest BCUT2D eigenvalue weighted by atomic mass is 10.0. The first-order valence-electron chi connectivity index (χ1n) is 8.67. The summed E-state index contributed by atoms with van der Waals surface area (Å²) in [5, 5.41) is 21.0. The summed E-state index contributed by atoms with van der Waals surface area (Å²) in [5.74, 6) is -2.22. The molecule has 29 heavy (non-hydrogen) atoms. The first kappa shape index (κ1) is 18.2. The molecule has 0 fully saturated rings. The van der Waals surface area contributed by atoms with Gasteiger partial charge >= 0.3 is 17.9 Å². The molecule has 0 atom stereocenters. The van der Waals surface area contributed by atoms with Gasteiger partial charge in [-0.3, -0.25) is 0 Å². The van der Waals surface area contributed by atoms with Crippen LogP contribution in [0.5, 0.6) is 5.75 Å². The summed E-state index contributed by atoms with van der Waals surface area (Å²) in [5.41, 5.74) is 0.696. The largest absolute Gasteiger partial charge is 0.478 e. The minimum atomic E-state index is -1.01. The van der Waals surface area contributed by atoms with Crippen LogP contribution in [0, 0.1) is 0 Å². The third-order valence-corrected chi connectivity index (χ3v) is 4.59. The Bertz CT molecular complexity index is 1310. The molecule has 0 aliphatic carbocycles. The smallest absolute Gasteiger partial charge is 0.343 e. The lowest BCUT2D eigenvalue weighted by molar-refractivity contribution is 0.0686. The molecule has 0 saturated heterocycles. The average molecular weight is 386 g/mol. The molecular weight excluding hydrogens is 372 g/mol. The Morgan fingerprint density at radius 2 is 0.966 bits per heavy atom. The van der Waals surface area contributed by atoms with Gasteiger partial charge in [0.1, 0.15) is 5.75 Å². The predicted molar refractivity (Wildman–Crippen MR) is 107 cm³/mol. The van der Waals surface area contributed by atoms with Gasteiger partial charge < -0.3 is 14.9 Å². The number of fused-ring (bicyclic) bond motifs is 2. The minimum Gasteiger partial charge on any atom is -0.478 e. The van der Waals surface area contributed by atoms with Crippen molar-refractivity contribution in [2.75, 3.05) is 0 Å². The van der Waals surface area contributed by atoms with Crippen LogP contribution in [0.1, 0.15) is 31.1 Å². The summed E-state index contributed by atoms with van der Waals surface area (Å²) in [6.07, 6.45) is 0. The number of rotatable bonds is 4. The fourth-order valence-corrected chi connectivity index (χ4v) is 3.09. The van der Waals surface area contributed by atoms with E-state index in [0.717, 1.165) is 16.2 Å². The molecule has 0 radical (unpaired) electrons. The first-order valence-corrected chi connectivity index (χ1v) is 8.67. The second-order valence-corrected chi connectivity index (χ2v) is 6.50. The van der Waals surface area contributed by atoms with Gasteiger partial charge in [-0.15, -0.1) is 0 Å². The molecule has 0 bridgehead atoms. The molecule has 6 heteroatoms. The number of carbonyl (C=O) groups excluding carboxylic acids is 1. The summed E-state index contributed by atoms with van der Waals surface area (Å²) in [4.78, 5) is 34.6. The van der Waals surface area contributed by atoms with Crippen molar-refractivity contribution in [2.45, 2.75) is 0 Å². The molecule has 4 rings (SSSR count). The number of ether oxygens (including phenoxy) is 1. The van der Waals surface area contributed by atoms with Crippen molar-refractivity contribution in [1.82, 2.24) is 0 Å². The van der Waals surface area contributed by atoms with Crippen LogP contribution in [-0.2, 0) is 0 Å². The molecule has 6 nitrogen and oxygen atoms in total. The molecule has 4 aromatic carbocycles. The molecule has 4 aromatic rings. The Hall–Kier alpha value is -4.19. The van der Waals surface area contributed by atoms with Gasteiger partial charge in [-0.1, -0.05) is 24.3 Å². The second kappa shape index (κ2) is 7.09. The normalized spacial score (nSPS) is 10.8. The highest BCUT2D eigenvalue weighted by Gasteiger charge is 2.12. The lowest BCUT2D eigenvalue weighted by Crippen LogP contribution is -2.08. The zero-order chi connectivity index (χ0) is 20.5. The van der Waals surface area contributed by atoms with Crippen LogP contribution in [0.25, 0.3) is 21.5 Å². The van der Waals surface area contributed by atoms with Gasteiger partial charge in [0.05, 0.1) is 16.7 Å². The van der Waals surface area contributed by atoms with Crippen molar-refractivity contribution in [3.8, 4) is 5.75 Å². The van der Waals surface area contributed by atoms with Crippen LogP contribution in [0.3, 0.4) is 0 Å². The maximum Gasteiger partial charge on any atom is 0.343 e. The highest BCUT2D eigenvalue weighted by molar-refractivity contribution is 5.99. The molecule has 0 heterocycles. The van der Waals surface area contributed by atoms with Crippen LogP contribution in [-0.4, -0.2) is 28.1 Å². The number of hydrogen-bond acceptors (Lipinski definition) is 4. The fraction of sp³-hybridized carbons (Fsp3) is 0. The second-order valence-electron chi connectivity index (χ2n) is 6.50. The predicted octanol–water partition coefficient (Wildman–Crippen LogP) is 4.61. The van der Waals surface area contributed by atoms with Gasteiger partial charge in [0, 0.05) is 0 Å². The van der Waals surface area contributed by atoms with Crippen LogP contribution >= 0.6 is 0 Å². The van der Waals surface area contributed by atoms with Gasteiger partial charge in [0.25, 0.3) is 0 Å². The quantitative estimate of drug-likeness (QED) is 0.392. The summed E-state index contributed by atoms with van der Waals surface area (Å²) >= 11 is 0. The lowest BCUT2D eigenvalue weighted by Gasteiger charge is -2.08. The van der Waals surface area contributed by atoms with E-state index in [1.165, 1.54) is 12.1 Å². The molecule has 0 spiro atoms. The van der Waals surface area contributed by atoms with Crippen LogP contribution in [0.15, 0.2) is 72.8 Å². The van der Waals surface area contributed by atoms with E-state index in [0.29, 0.717) is 16.7 Å². The zero-order valence-electron chi connectivity index (χ0n) is 15.0. The Kier molecular flexibility index (Phi) is 4.44. The fourth-order valence-electron chi connectivity index (χ4n) is 3.09. The summed E-state index contributed by atoms with van der Waals surface area (Å²) in [6.45, 7) is 0. The van der Waals surface area contributed by atoms with Crippen molar-refractivity contribution in [1.29, 1.82) is 0 Å². The van der Waals surface area contributed by atoms with Gasteiger partial charge in [-0.05, 0) is 70.1 Å². The third-order valence-electron chi connectivity index (χ3n) is 4.59. The Morgan fingerprint density at radius 1 is 0.552 bits per heavy atom. The number of esters is 1. The molecule has 0 amide bonds. The van der Waals surface area contributed by atoms with Crippen LogP contribution < -0.4 is 4.74 Å². The van der Waals surface area contributed by atoms with Gasteiger partial charge in [-0.25, -0.2) is 14.4 Å². The number of aromatic carboxylic acids is 2. The Balaban J connectivity index is 1.59. The van der Waals surface area contributed by atoms with E-state index in [1.54, 1.807) is 60.7 Å². The van der Waals surface area contributed by atoms with Gasteiger partial charge in [-0.2, -0.15) is 0 Å². The highest BCUT2D eigenvalue weighted by Crippen LogP contribution is 2.24. The summed E-state index contributed by atoms with van der Waals surface area (Å²) < 4.78 is 5.45. The molecule has 0 aromatic heterocycles. The summed E-state index contributed by atoms with van der Waals surface area (Å²) in [6, 6.07) is 19.2.